The van der Waals surface area contributed by atoms with Gasteiger partial charge in [0, 0.05) is 37.3 Å². The molecule has 1 aromatic heterocycles. The molecule has 1 N–H and O–H groups in total. The number of hydrogen-bond donors (Lipinski definition) is 1. The number of rotatable bonds is 6. The number of benzene rings is 3. The van der Waals surface area contributed by atoms with Gasteiger partial charge in [-0.3, -0.25) is 10.3 Å². The van der Waals surface area contributed by atoms with E-state index in [4.69, 9.17) is 35.9 Å². The molecule has 0 bridgehead atoms. The van der Waals surface area contributed by atoms with Gasteiger partial charge in [-0.15, -0.1) is 0 Å². The number of ether oxygens (including phenoxy) is 3. The van der Waals surface area contributed by atoms with Crippen LogP contribution in [0.15, 0.2) is 84.0 Å². The number of nitrogens with one attached hydrogen (secondary N) is 1. The molecule has 1 atom stereocenters. The van der Waals surface area contributed by atoms with Crippen LogP contribution in [0.5, 0.6) is 11.5 Å². The fourth-order valence-corrected chi connectivity index (χ4v) is 6.07. The van der Waals surface area contributed by atoms with E-state index in [-0.39, 0.29) is 40.8 Å². The van der Waals surface area contributed by atoms with Crippen LogP contribution in [0.4, 0.5) is 15.0 Å². The number of anilines is 1. The summed E-state index contributed by atoms with van der Waals surface area (Å²) in [4.78, 5) is 21.7. The SMILES string of the molecule is COc1cccc(F)c1-c1nc(NN=C(c2ccccc2)c2ccccc2)c2c(c1Cl)OC[C@H]1CN(C(=O)OC(C)(C)C)CCN1C2. The maximum absolute atomic E-state index is 15.5. The van der Waals surface area contributed by atoms with Crippen LogP contribution in [0.1, 0.15) is 37.5 Å². The Hall–Kier alpha value is -4.67. The number of halogens is 2. The van der Waals surface area contributed by atoms with Gasteiger partial charge < -0.3 is 19.1 Å². The van der Waals surface area contributed by atoms with E-state index in [1.807, 2.05) is 81.4 Å². The summed E-state index contributed by atoms with van der Waals surface area (Å²) in [5, 5.41) is 5.03. The first-order valence-corrected chi connectivity index (χ1v) is 15.9. The topological polar surface area (TPSA) is 88.5 Å². The molecule has 3 aromatic carbocycles. The Labute approximate surface area is 278 Å². The molecule has 6 rings (SSSR count). The number of hydrazone groups is 1. The second-order valence-electron chi connectivity index (χ2n) is 12.4. The molecule has 1 fully saturated rings. The monoisotopic (exact) mass is 657 g/mol. The molecule has 3 heterocycles. The summed E-state index contributed by atoms with van der Waals surface area (Å²) in [5.74, 6) is 0.478. The van der Waals surface area contributed by atoms with Crippen molar-refractivity contribution in [3.05, 3.63) is 106 Å². The minimum atomic E-state index is -0.604. The molecule has 2 aliphatic heterocycles. The van der Waals surface area contributed by atoms with Crippen molar-refractivity contribution in [3.8, 4) is 22.8 Å². The van der Waals surface area contributed by atoms with Crippen molar-refractivity contribution in [2.45, 2.75) is 39.0 Å². The van der Waals surface area contributed by atoms with E-state index in [0.29, 0.717) is 49.0 Å². The van der Waals surface area contributed by atoms with Crippen molar-refractivity contribution >= 4 is 29.2 Å². The van der Waals surface area contributed by atoms with Gasteiger partial charge in [-0.2, -0.15) is 5.10 Å². The van der Waals surface area contributed by atoms with Gasteiger partial charge in [0.1, 0.15) is 40.2 Å². The molecule has 0 aliphatic carbocycles. The molecular formula is C36H37ClFN5O4. The highest BCUT2D eigenvalue weighted by atomic mass is 35.5. The van der Waals surface area contributed by atoms with Crippen molar-refractivity contribution in [2.24, 2.45) is 5.10 Å². The summed E-state index contributed by atoms with van der Waals surface area (Å²) in [6.45, 7) is 7.67. The zero-order chi connectivity index (χ0) is 33.1. The van der Waals surface area contributed by atoms with Gasteiger partial charge in [-0.25, -0.2) is 14.2 Å². The lowest BCUT2D eigenvalue weighted by Crippen LogP contribution is -2.56. The van der Waals surface area contributed by atoms with Gasteiger partial charge in [0.05, 0.1) is 30.0 Å². The quantitative estimate of drug-likeness (QED) is 0.173. The maximum atomic E-state index is 15.5. The molecule has 0 radical (unpaired) electrons. The van der Waals surface area contributed by atoms with Crippen molar-refractivity contribution in [2.75, 3.05) is 38.8 Å². The lowest BCUT2D eigenvalue weighted by atomic mass is 10.0. The molecule has 1 saturated heterocycles. The van der Waals surface area contributed by atoms with Crippen molar-refractivity contribution in [1.82, 2.24) is 14.8 Å². The van der Waals surface area contributed by atoms with E-state index in [9.17, 15) is 4.79 Å². The standard InChI is InChI=1S/C36H37ClFN5O4/c1-36(2,3)47-35(44)43-19-18-42-21-26-33(46-22-25(42)20-43)30(37)32(29-27(38)16-11-17-28(29)45-4)39-34(26)41-40-31(23-12-7-5-8-13-23)24-14-9-6-10-15-24/h5-17,25H,18-22H2,1-4H3,(H,39,41)/t25-/m1/s1. The van der Waals surface area contributed by atoms with Crippen LogP contribution in [0, 0.1) is 5.82 Å². The smallest absolute Gasteiger partial charge is 0.410 e. The van der Waals surface area contributed by atoms with Crippen LogP contribution in [0.25, 0.3) is 11.3 Å². The second kappa shape index (κ2) is 13.6. The number of carbonyl (C=O) groups is 1. The highest BCUT2D eigenvalue weighted by Crippen LogP contribution is 2.45. The maximum Gasteiger partial charge on any atom is 0.410 e. The van der Waals surface area contributed by atoms with Crippen LogP contribution in [0.3, 0.4) is 0 Å². The molecule has 1 amide bonds. The molecule has 47 heavy (non-hydrogen) atoms. The lowest BCUT2D eigenvalue weighted by molar-refractivity contribution is -0.00153. The molecule has 11 heteroatoms. The number of aromatic nitrogens is 1. The van der Waals surface area contributed by atoms with Gasteiger partial charge in [0.25, 0.3) is 0 Å². The lowest BCUT2D eigenvalue weighted by Gasteiger charge is -2.40. The summed E-state index contributed by atoms with van der Waals surface area (Å²) >= 11 is 7.03. The number of carbonyl (C=O) groups excluding carboxylic acids is 1. The molecule has 9 nitrogen and oxygen atoms in total. The van der Waals surface area contributed by atoms with E-state index in [2.05, 4.69) is 10.3 Å². The van der Waals surface area contributed by atoms with Gasteiger partial charge in [-0.1, -0.05) is 78.3 Å². The molecule has 0 saturated carbocycles. The number of piperazine rings is 1. The number of hydrogen-bond acceptors (Lipinski definition) is 8. The summed E-state index contributed by atoms with van der Waals surface area (Å²) in [6.07, 6.45) is -0.362. The third-order valence-electron chi connectivity index (χ3n) is 8.03. The van der Waals surface area contributed by atoms with E-state index < -0.39 is 11.4 Å². The van der Waals surface area contributed by atoms with Crippen LogP contribution in [-0.4, -0.2) is 71.6 Å². The Kier molecular flexibility index (Phi) is 9.33. The predicted molar refractivity (Wildman–Crippen MR) is 181 cm³/mol. The summed E-state index contributed by atoms with van der Waals surface area (Å²) in [7, 11) is 1.47. The zero-order valence-corrected chi connectivity index (χ0v) is 27.6. The molecule has 0 spiro atoms. The van der Waals surface area contributed by atoms with Gasteiger partial charge in [0.2, 0.25) is 0 Å². The fraction of sp³-hybridized carbons (Fsp3) is 0.306. The van der Waals surface area contributed by atoms with Crippen molar-refractivity contribution in [3.63, 3.8) is 0 Å². The van der Waals surface area contributed by atoms with Crippen LogP contribution in [-0.2, 0) is 11.3 Å². The van der Waals surface area contributed by atoms with Crippen molar-refractivity contribution in [1.29, 1.82) is 0 Å². The minimum Gasteiger partial charge on any atom is -0.496 e. The number of fused-ring (bicyclic) bond motifs is 2. The second-order valence-corrected chi connectivity index (χ2v) is 12.8. The predicted octanol–water partition coefficient (Wildman–Crippen LogP) is 7.23. The third-order valence-corrected chi connectivity index (χ3v) is 8.38. The Balaban J connectivity index is 1.43. The van der Waals surface area contributed by atoms with Crippen LogP contribution < -0.4 is 14.9 Å². The van der Waals surface area contributed by atoms with Crippen LogP contribution in [0.2, 0.25) is 5.02 Å². The molecule has 0 unspecified atom stereocenters. The highest BCUT2D eigenvalue weighted by molar-refractivity contribution is 6.35. The summed E-state index contributed by atoms with van der Waals surface area (Å²) in [5.41, 5.74) is 6.04. The first-order chi connectivity index (χ1) is 22.6. The van der Waals surface area contributed by atoms with Gasteiger partial charge >= 0.3 is 6.09 Å². The largest absolute Gasteiger partial charge is 0.496 e. The van der Waals surface area contributed by atoms with Gasteiger partial charge in [0.15, 0.2) is 5.82 Å². The van der Waals surface area contributed by atoms with E-state index in [1.165, 1.54) is 13.2 Å². The number of pyridine rings is 1. The average Bonchev–Trinajstić information content (AvgIpc) is 3.26. The first-order valence-electron chi connectivity index (χ1n) is 15.5. The molecule has 2 aliphatic rings. The first kappa shape index (κ1) is 32.3. The minimum absolute atomic E-state index is 0.114. The fourth-order valence-electron chi connectivity index (χ4n) is 5.77. The molecule has 4 aromatic rings. The Bertz CT molecular complexity index is 1740. The average molecular weight is 658 g/mol. The Morgan fingerprint density at radius 2 is 1.70 bits per heavy atom. The van der Waals surface area contributed by atoms with E-state index in [0.717, 1.165) is 11.1 Å². The number of nitrogens with zero attached hydrogens (tertiary/aromatic N) is 4. The zero-order valence-electron chi connectivity index (χ0n) is 26.8. The summed E-state index contributed by atoms with van der Waals surface area (Å²) < 4.78 is 33.0. The summed E-state index contributed by atoms with van der Waals surface area (Å²) in [6, 6.07) is 24.0. The highest BCUT2D eigenvalue weighted by Gasteiger charge is 2.37. The Morgan fingerprint density at radius 3 is 2.34 bits per heavy atom. The number of methoxy groups -OCH3 is 1. The van der Waals surface area contributed by atoms with Crippen molar-refractivity contribution < 1.29 is 23.4 Å². The Morgan fingerprint density at radius 1 is 1.02 bits per heavy atom. The third kappa shape index (κ3) is 7.03. The van der Waals surface area contributed by atoms with Crippen LogP contribution >= 0.6 is 11.6 Å². The van der Waals surface area contributed by atoms with E-state index >= 15 is 4.39 Å². The molecular weight excluding hydrogens is 621 g/mol. The normalized spacial score (nSPS) is 16.2. The number of amides is 1. The molecule has 244 valence electrons. The van der Waals surface area contributed by atoms with E-state index in [1.54, 1.807) is 17.0 Å². The van der Waals surface area contributed by atoms with Gasteiger partial charge in [-0.05, 0) is 32.9 Å².